The van der Waals surface area contributed by atoms with Gasteiger partial charge in [-0.05, 0) is 24.2 Å². The van der Waals surface area contributed by atoms with Crippen molar-refractivity contribution in [3.8, 4) is 0 Å². The largest absolute Gasteiger partial charge is 0.481 e. The molecule has 0 aliphatic carbocycles. The molecule has 2 heteroatoms. The first-order valence-electron chi connectivity index (χ1n) is 7.09. The molecule has 0 radical (unpaired) electrons. The summed E-state index contributed by atoms with van der Waals surface area (Å²) in [5, 5.41) is 8.77. The molecule has 1 unspecified atom stereocenters. The third-order valence-corrected chi connectivity index (χ3v) is 3.59. The first-order chi connectivity index (χ1) is 7.88. The van der Waals surface area contributed by atoms with Gasteiger partial charge in [0.1, 0.15) is 0 Å². The van der Waals surface area contributed by atoms with Crippen LogP contribution >= 0.6 is 0 Å². The Morgan fingerprint density at radius 3 is 2.12 bits per heavy atom. The number of carboxylic acids is 1. The summed E-state index contributed by atoms with van der Waals surface area (Å²) in [5.41, 5.74) is 0.236. The summed E-state index contributed by atoms with van der Waals surface area (Å²) in [5.74, 6) is -0.120. The Morgan fingerprint density at radius 1 is 1.06 bits per heavy atom. The Morgan fingerprint density at radius 2 is 1.65 bits per heavy atom. The second kappa shape index (κ2) is 8.54. The van der Waals surface area contributed by atoms with Crippen LogP contribution in [0.2, 0.25) is 0 Å². The monoisotopic (exact) mass is 242 g/mol. The fraction of sp³-hybridized carbons (Fsp3) is 0.933. The van der Waals surface area contributed by atoms with E-state index in [0.29, 0.717) is 12.3 Å². The summed E-state index contributed by atoms with van der Waals surface area (Å²) in [6.45, 7) is 8.91. The number of unbranched alkanes of at least 4 members (excludes halogenated alkanes) is 4. The van der Waals surface area contributed by atoms with E-state index >= 15 is 0 Å². The van der Waals surface area contributed by atoms with Crippen molar-refractivity contribution >= 4 is 5.97 Å². The molecule has 0 heterocycles. The Kier molecular flexibility index (Phi) is 8.28. The van der Waals surface area contributed by atoms with Crippen molar-refractivity contribution in [3.05, 3.63) is 0 Å². The van der Waals surface area contributed by atoms with Crippen LogP contribution in [0.15, 0.2) is 0 Å². The lowest BCUT2D eigenvalue weighted by atomic mass is 9.75. The van der Waals surface area contributed by atoms with Crippen molar-refractivity contribution in [1.29, 1.82) is 0 Å². The van der Waals surface area contributed by atoms with Crippen molar-refractivity contribution < 1.29 is 9.90 Å². The van der Waals surface area contributed by atoms with Crippen molar-refractivity contribution in [2.45, 2.75) is 79.1 Å². The van der Waals surface area contributed by atoms with Gasteiger partial charge >= 0.3 is 5.97 Å². The lowest BCUT2D eigenvalue weighted by molar-refractivity contribution is -0.137. The Bertz CT molecular complexity index is 203. The van der Waals surface area contributed by atoms with Crippen LogP contribution in [0.3, 0.4) is 0 Å². The number of aliphatic carboxylic acids is 1. The van der Waals surface area contributed by atoms with Gasteiger partial charge < -0.3 is 5.11 Å². The van der Waals surface area contributed by atoms with Crippen molar-refractivity contribution in [1.82, 2.24) is 0 Å². The molecule has 0 aliphatic rings. The molecular formula is C15H30O2. The smallest absolute Gasteiger partial charge is 0.303 e. The zero-order valence-corrected chi connectivity index (χ0v) is 12.1. The lowest BCUT2D eigenvalue weighted by Crippen LogP contribution is -2.21. The van der Waals surface area contributed by atoms with Gasteiger partial charge in [0.15, 0.2) is 0 Å². The third kappa shape index (κ3) is 9.20. The minimum atomic E-state index is -0.662. The summed E-state index contributed by atoms with van der Waals surface area (Å²) in [6, 6.07) is 0. The molecule has 17 heavy (non-hydrogen) atoms. The molecule has 1 atom stereocenters. The number of carbonyl (C=O) groups is 1. The summed E-state index contributed by atoms with van der Waals surface area (Å²) in [4.78, 5) is 10.6. The fourth-order valence-electron chi connectivity index (χ4n) is 2.30. The highest BCUT2D eigenvalue weighted by atomic mass is 16.4. The van der Waals surface area contributed by atoms with E-state index in [4.69, 9.17) is 5.11 Å². The predicted molar refractivity (Wildman–Crippen MR) is 73.2 cm³/mol. The number of rotatable bonds is 9. The van der Waals surface area contributed by atoms with Crippen LogP contribution < -0.4 is 0 Å². The average Bonchev–Trinajstić information content (AvgIpc) is 2.19. The molecule has 0 saturated heterocycles. The normalized spacial score (nSPS) is 13.6. The lowest BCUT2D eigenvalue weighted by Gasteiger charge is -2.30. The quantitative estimate of drug-likeness (QED) is 0.585. The van der Waals surface area contributed by atoms with Crippen LogP contribution in [0.4, 0.5) is 0 Å². The van der Waals surface area contributed by atoms with Gasteiger partial charge in [0.25, 0.3) is 0 Å². The molecule has 102 valence electrons. The molecule has 0 aliphatic heterocycles. The Balaban J connectivity index is 3.91. The highest BCUT2D eigenvalue weighted by Gasteiger charge is 2.24. The topological polar surface area (TPSA) is 37.3 Å². The number of hydrogen-bond donors (Lipinski definition) is 1. The maximum absolute atomic E-state index is 10.6. The first kappa shape index (κ1) is 16.5. The zero-order valence-electron chi connectivity index (χ0n) is 12.1. The van der Waals surface area contributed by atoms with Crippen molar-refractivity contribution in [2.75, 3.05) is 0 Å². The highest BCUT2D eigenvalue weighted by molar-refractivity contribution is 5.66. The molecule has 0 spiro atoms. The van der Waals surface area contributed by atoms with Crippen LogP contribution in [-0.2, 0) is 4.79 Å². The molecule has 0 aromatic heterocycles. The van der Waals surface area contributed by atoms with Crippen LogP contribution in [0.5, 0.6) is 0 Å². The van der Waals surface area contributed by atoms with E-state index < -0.39 is 5.97 Å². The molecule has 0 aromatic carbocycles. The molecule has 0 bridgehead atoms. The van der Waals surface area contributed by atoms with Gasteiger partial charge in [-0.3, -0.25) is 4.79 Å². The van der Waals surface area contributed by atoms with E-state index in [2.05, 4.69) is 27.7 Å². The molecule has 0 saturated carbocycles. The van der Waals surface area contributed by atoms with Gasteiger partial charge in [-0.2, -0.15) is 0 Å². The predicted octanol–water partition coefficient (Wildman–Crippen LogP) is 4.87. The van der Waals surface area contributed by atoms with E-state index in [0.717, 1.165) is 6.42 Å². The van der Waals surface area contributed by atoms with Crippen molar-refractivity contribution in [3.63, 3.8) is 0 Å². The van der Waals surface area contributed by atoms with E-state index in [1.54, 1.807) is 0 Å². The molecule has 0 rings (SSSR count). The minimum absolute atomic E-state index is 0.236. The summed E-state index contributed by atoms with van der Waals surface area (Å²) in [6.07, 6.45) is 8.81. The minimum Gasteiger partial charge on any atom is -0.481 e. The SMILES string of the molecule is CCCCCCCC(CCC(=O)O)C(C)(C)C. The summed E-state index contributed by atoms with van der Waals surface area (Å²) < 4.78 is 0. The second-order valence-corrected chi connectivity index (χ2v) is 6.20. The van der Waals surface area contributed by atoms with Crippen molar-refractivity contribution in [2.24, 2.45) is 11.3 Å². The first-order valence-corrected chi connectivity index (χ1v) is 7.09. The molecule has 2 nitrogen and oxygen atoms in total. The van der Waals surface area contributed by atoms with Crippen LogP contribution in [0, 0.1) is 11.3 Å². The van der Waals surface area contributed by atoms with Crippen LogP contribution in [-0.4, -0.2) is 11.1 Å². The maximum Gasteiger partial charge on any atom is 0.303 e. The van der Waals surface area contributed by atoms with Gasteiger partial charge in [0.2, 0.25) is 0 Å². The van der Waals surface area contributed by atoms with Gasteiger partial charge in [0.05, 0.1) is 0 Å². The molecule has 1 N–H and O–H groups in total. The molecule has 0 aromatic rings. The second-order valence-electron chi connectivity index (χ2n) is 6.20. The number of carboxylic acid groups (broad SMARTS) is 1. The van der Waals surface area contributed by atoms with Gasteiger partial charge in [-0.25, -0.2) is 0 Å². The van der Waals surface area contributed by atoms with E-state index in [-0.39, 0.29) is 5.41 Å². The van der Waals surface area contributed by atoms with Crippen LogP contribution in [0.1, 0.15) is 79.1 Å². The van der Waals surface area contributed by atoms with E-state index in [1.807, 2.05) is 0 Å². The van der Waals surface area contributed by atoms with Gasteiger partial charge in [-0.1, -0.05) is 59.8 Å². The summed E-state index contributed by atoms with van der Waals surface area (Å²) in [7, 11) is 0. The summed E-state index contributed by atoms with van der Waals surface area (Å²) >= 11 is 0. The number of hydrogen-bond acceptors (Lipinski definition) is 1. The Labute approximate surface area is 107 Å². The van der Waals surface area contributed by atoms with Gasteiger partial charge in [0, 0.05) is 6.42 Å². The van der Waals surface area contributed by atoms with E-state index in [1.165, 1.54) is 38.5 Å². The highest BCUT2D eigenvalue weighted by Crippen LogP contribution is 2.34. The maximum atomic E-state index is 10.6. The molecule has 0 fully saturated rings. The Hall–Kier alpha value is -0.530. The molecule has 0 amide bonds. The van der Waals surface area contributed by atoms with Gasteiger partial charge in [-0.15, -0.1) is 0 Å². The average molecular weight is 242 g/mol. The van der Waals surface area contributed by atoms with E-state index in [9.17, 15) is 4.79 Å². The third-order valence-electron chi connectivity index (χ3n) is 3.59. The standard InChI is InChI=1S/C15H30O2/c1-5-6-7-8-9-10-13(15(2,3)4)11-12-14(16)17/h13H,5-12H2,1-4H3,(H,16,17). The fourth-order valence-corrected chi connectivity index (χ4v) is 2.30. The molecular weight excluding hydrogens is 212 g/mol. The zero-order chi connectivity index (χ0) is 13.3. The van der Waals surface area contributed by atoms with Crippen LogP contribution in [0.25, 0.3) is 0 Å².